The molecule has 31 heavy (non-hydrogen) atoms. The number of ether oxygens (including phenoxy) is 3. The van der Waals surface area contributed by atoms with Crippen molar-refractivity contribution in [3.05, 3.63) is 59.9 Å². The molecule has 0 fully saturated rings. The van der Waals surface area contributed by atoms with Crippen molar-refractivity contribution in [2.75, 3.05) is 19.5 Å². The molecule has 8 heteroatoms. The SMILES string of the molecule is COc1cc(NC(=O)C(C)C)c(C(=O)OCc2cc(-c3ccccc3)no2)cc1OC. The van der Waals surface area contributed by atoms with E-state index >= 15 is 0 Å². The first kappa shape index (κ1) is 21.9. The molecule has 1 heterocycles. The zero-order valence-corrected chi connectivity index (χ0v) is 17.8. The third kappa shape index (κ3) is 5.22. The highest BCUT2D eigenvalue weighted by Gasteiger charge is 2.21. The van der Waals surface area contributed by atoms with Gasteiger partial charge < -0.3 is 24.1 Å². The highest BCUT2D eigenvalue weighted by atomic mass is 16.5. The second kappa shape index (κ2) is 9.80. The quantitative estimate of drug-likeness (QED) is 0.538. The van der Waals surface area contributed by atoms with Crippen molar-refractivity contribution in [3.8, 4) is 22.8 Å². The summed E-state index contributed by atoms with van der Waals surface area (Å²) in [4.78, 5) is 25.0. The lowest BCUT2D eigenvalue weighted by atomic mass is 10.1. The molecule has 1 N–H and O–H groups in total. The zero-order valence-electron chi connectivity index (χ0n) is 17.8. The first-order valence-electron chi connectivity index (χ1n) is 9.68. The van der Waals surface area contributed by atoms with E-state index in [1.54, 1.807) is 19.9 Å². The van der Waals surface area contributed by atoms with Crippen LogP contribution in [0.15, 0.2) is 53.1 Å². The Morgan fingerprint density at radius 1 is 1.03 bits per heavy atom. The van der Waals surface area contributed by atoms with Crippen LogP contribution < -0.4 is 14.8 Å². The summed E-state index contributed by atoms with van der Waals surface area (Å²) >= 11 is 0. The Morgan fingerprint density at radius 2 is 1.71 bits per heavy atom. The van der Waals surface area contributed by atoms with Crippen LogP contribution in [-0.4, -0.2) is 31.3 Å². The molecule has 0 unspecified atom stereocenters. The Hall–Kier alpha value is -3.81. The summed E-state index contributed by atoms with van der Waals surface area (Å²) in [5.41, 5.74) is 1.93. The fourth-order valence-corrected chi connectivity index (χ4v) is 2.77. The topological polar surface area (TPSA) is 99.9 Å². The number of amides is 1. The number of hydrogen-bond donors (Lipinski definition) is 1. The highest BCUT2D eigenvalue weighted by Crippen LogP contribution is 2.34. The Bertz CT molecular complexity index is 1060. The Morgan fingerprint density at radius 3 is 2.35 bits per heavy atom. The van der Waals surface area contributed by atoms with Gasteiger partial charge in [0.25, 0.3) is 0 Å². The predicted molar refractivity (Wildman–Crippen MR) is 114 cm³/mol. The van der Waals surface area contributed by atoms with Gasteiger partial charge in [-0.3, -0.25) is 4.79 Å². The normalized spacial score (nSPS) is 10.6. The number of hydrogen-bond acceptors (Lipinski definition) is 7. The van der Waals surface area contributed by atoms with Crippen LogP contribution >= 0.6 is 0 Å². The summed E-state index contributed by atoms with van der Waals surface area (Å²) in [6.07, 6.45) is 0. The van der Waals surface area contributed by atoms with Gasteiger partial charge in [-0.15, -0.1) is 0 Å². The van der Waals surface area contributed by atoms with Gasteiger partial charge in [-0.05, 0) is 0 Å². The summed E-state index contributed by atoms with van der Waals surface area (Å²) in [6, 6.07) is 14.2. The molecule has 0 radical (unpaired) electrons. The number of rotatable bonds is 8. The Kier molecular flexibility index (Phi) is 6.92. The molecule has 0 spiro atoms. The van der Waals surface area contributed by atoms with E-state index in [0.717, 1.165) is 5.56 Å². The van der Waals surface area contributed by atoms with Crippen molar-refractivity contribution in [2.45, 2.75) is 20.5 Å². The van der Waals surface area contributed by atoms with E-state index in [4.69, 9.17) is 18.7 Å². The number of nitrogens with one attached hydrogen (secondary N) is 1. The minimum atomic E-state index is -0.655. The van der Waals surface area contributed by atoms with Crippen molar-refractivity contribution in [1.82, 2.24) is 5.16 Å². The Labute approximate surface area is 180 Å². The second-order valence-corrected chi connectivity index (χ2v) is 7.02. The molecule has 2 aromatic carbocycles. The molecule has 1 amide bonds. The lowest BCUT2D eigenvalue weighted by Crippen LogP contribution is -2.20. The maximum Gasteiger partial charge on any atom is 0.340 e. The van der Waals surface area contributed by atoms with Crippen LogP contribution in [0.4, 0.5) is 5.69 Å². The van der Waals surface area contributed by atoms with E-state index in [9.17, 15) is 9.59 Å². The number of anilines is 1. The zero-order chi connectivity index (χ0) is 22.4. The van der Waals surface area contributed by atoms with Gasteiger partial charge in [0.15, 0.2) is 23.9 Å². The monoisotopic (exact) mass is 424 g/mol. The molecule has 0 saturated carbocycles. The van der Waals surface area contributed by atoms with Crippen molar-refractivity contribution < 1.29 is 28.3 Å². The van der Waals surface area contributed by atoms with Gasteiger partial charge in [-0.1, -0.05) is 49.3 Å². The minimum Gasteiger partial charge on any atom is -0.493 e. The smallest absolute Gasteiger partial charge is 0.340 e. The van der Waals surface area contributed by atoms with Crippen molar-refractivity contribution >= 4 is 17.6 Å². The molecule has 0 aliphatic rings. The average molecular weight is 424 g/mol. The average Bonchev–Trinajstić information content (AvgIpc) is 3.26. The van der Waals surface area contributed by atoms with E-state index in [0.29, 0.717) is 23.0 Å². The van der Waals surface area contributed by atoms with Crippen LogP contribution in [0, 0.1) is 5.92 Å². The molecule has 0 atom stereocenters. The van der Waals surface area contributed by atoms with Gasteiger partial charge in [0.1, 0.15) is 5.69 Å². The molecule has 0 saturated heterocycles. The van der Waals surface area contributed by atoms with E-state index in [-0.39, 0.29) is 29.7 Å². The van der Waals surface area contributed by atoms with Gasteiger partial charge in [0, 0.05) is 29.7 Å². The number of nitrogens with zero attached hydrogens (tertiary/aromatic N) is 1. The minimum absolute atomic E-state index is 0.120. The number of esters is 1. The van der Waals surface area contributed by atoms with Crippen LogP contribution in [0.5, 0.6) is 11.5 Å². The number of benzene rings is 2. The van der Waals surface area contributed by atoms with Crippen LogP contribution in [0.3, 0.4) is 0 Å². The molecular formula is C23H24N2O6. The molecule has 0 aliphatic heterocycles. The van der Waals surface area contributed by atoms with Crippen LogP contribution in [0.1, 0.15) is 30.0 Å². The number of carbonyl (C=O) groups excluding carboxylic acids is 2. The van der Waals surface area contributed by atoms with E-state index in [1.807, 2.05) is 30.3 Å². The van der Waals surface area contributed by atoms with Crippen LogP contribution in [-0.2, 0) is 16.1 Å². The van der Waals surface area contributed by atoms with E-state index < -0.39 is 5.97 Å². The standard InChI is InChI=1S/C23H24N2O6/c1-14(2)22(26)24-19-12-21(29-4)20(28-3)11-17(19)23(27)30-13-16-10-18(25-31-16)15-8-6-5-7-9-15/h5-12,14H,13H2,1-4H3,(H,24,26). The molecule has 3 rings (SSSR count). The van der Waals surface area contributed by atoms with Gasteiger partial charge in [-0.25, -0.2) is 4.79 Å². The Balaban J connectivity index is 1.80. The first-order chi connectivity index (χ1) is 14.9. The molecule has 0 bridgehead atoms. The number of aromatic nitrogens is 1. The van der Waals surface area contributed by atoms with Crippen molar-refractivity contribution in [3.63, 3.8) is 0 Å². The van der Waals surface area contributed by atoms with Crippen LogP contribution in [0.2, 0.25) is 0 Å². The molecule has 1 aromatic heterocycles. The predicted octanol–water partition coefficient (Wildman–Crippen LogP) is 4.31. The molecule has 8 nitrogen and oxygen atoms in total. The lowest BCUT2D eigenvalue weighted by Gasteiger charge is -2.16. The fraction of sp³-hybridized carbons (Fsp3) is 0.261. The van der Waals surface area contributed by atoms with Gasteiger partial charge in [-0.2, -0.15) is 0 Å². The second-order valence-electron chi connectivity index (χ2n) is 7.02. The van der Waals surface area contributed by atoms with Gasteiger partial charge in [0.05, 0.1) is 25.5 Å². The van der Waals surface area contributed by atoms with Crippen LogP contribution in [0.25, 0.3) is 11.3 Å². The summed E-state index contributed by atoms with van der Waals surface area (Å²) in [5, 5.41) is 6.73. The molecule has 162 valence electrons. The number of methoxy groups -OCH3 is 2. The van der Waals surface area contributed by atoms with E-state index in [2.05, 4.69) is 10.5 Å². The summed E-state index contributed by atoms with van der Waals surface area (Å²) in [5.74, 6) is -0.0754. The highest BCUT2D eigenvalue weighted by molar-refractivity contribution is 6.02. The maximum absolute atomic E-state index is 12.8. The molecular weight excluding hydrogens is 400 g/mol. The van der Waals surface area contributed by atoms with Gasteiger partial charge in [0.2, 0.25) is 5.91 Å². The molecule has 3 aromatic rings. The molecule has 0 aliphatic carbocycles. The third-order valence-corrected chi connectivity index (χ3v) is 4.50. The van der Waals surface area contributed by atoms with Crippen molar-refractivity contribution in [2.24, 2.45) is 5.92 Å². The summed E-state index contributed by atoms with van der Waals surface area (Å²) in [6.45, 7) is 3.38. The largest absolute Gasteiger partial charge is 0.493 e. The first-order valence-corrected chi connectivity index (χ1v) is 9.68. The van der Waals surface area contributed by atoms with Crippen molar-refractivity contribution in [1.29, 1.82) is 0 Å². The lowest BCUT2D eigenvalue weighted by molar-refractivity contribution is -0.118. The maximum atomic E-state index is 12.8. The number of carbonyl (C=O) groups is 2. The summed E-state index contributed by atoms with van der Waals surface area (Å²) in [7, 11) is 2.93. The van der Waals surface area contributed by atoms with Gasteiger partial charge >= 0.3 is 5.97 Å². The fourth-order valence-electron chi connectivity index (χ4n) is 2.77. The van der Waals surface area contributed by atoms with E-state index in [1.165, 1.54) is 26.4 Å². The summed E-state index contributed by atoms with van der Waals surface area (Å²) < 4.78 is 21.2. The third-order valence-electron chi connectivity index (χ3n) is 4.50.